The smallest absolute Gasteiger partial charge is 0.232 e. The third kappa shape index (κ3) is 6.11. The molecule has 3 rings (SSSR count). The molecule has 7 nitrogen and oxygen atoms in total. The van der Waals surface area contributed by atoms with Gasteiger partial charge >= 0.3 is 0 Å². The molecule has 0 fully saturated rings. The largest absolute Gasteiger partial charge is 0.378 e. The average Bonchev–Trinajstić information content (AvgIpc) is 3.31. The van der Waals surface area contributed by atoms with Crippen molar-refractivity contribution in [3.8, 4) is 0 Å². The van der Waals surface area contributed by atoms with E-state index >= 15 is 0 Å². The number of hydrogen-bond acceptors (Lipinski definition) is 7. The third-order valence-corrected chi connectivity index (χ3v) is 6.32. The van der Waals surface area contributed by atoms with Gasteiger partial charge in [-0.3, -0.25) is 9.59 Å². The van der Waals surface area contributed by atoms with Gasteiger partial charge in [0.25, 0.3) is 0 Å². The van der Waals surface area contributed by atoms with E-state index in [1.807, 2.05) is 43.3 Å². The molecule has 0 radical (unpaired) electrons. The van der Waals surface area contributed by atoms with Gasteiger partial charge in [-0.25, -0.2) is 9.97 Å². The summed E-state index contributed by atoms with van der Waals surface area (Å²) in [6, 6.07) is 7.84. The highest BCUT2D eigenvalue weighted by Crippen LogP contribution is 2.25. The Hall–Kier alpha value is -2.78. The topological polar surface area (TPSA) is 87.2 Å². The van der Waals surface area contributed by atoms with Crippen LogP contribution in [0, 0.1) is 0 Å². The van der Waals surface area contributed by atoms with E-state index in [1.165, 1.54) is 22.7 Å². The molecule has 0 aliphatic carbocycles. The Kier molecular flexibility index (Phi) is 7.17. The predicted octanol–water partition coefficient (Wildman–Crippen LogP) is 4.15. The van der Waals surface area contributed by atoms with E-state index in [0.717, 1.165) is 16.1 Å². The van der Waals surface area contributed by atoms with E-state index in [0.29, 0.717) is 21.9 Å². The zero-order valence-electron chi connectivity index (χ0n) is 17.4. The summed E-state index contributed by atoms with van der Waals surface area (Å²) < 4.78 is 0. The van der Waals surface area contributed by atoms with E-state index in [4.69, 9.17) is 0 Å². The highest BCUT2D eigenvalue weighted by Gasteiger charge is 2.13. The number of nitrogens with zero attached hydrogens (tertiary/aromatic N) is 3. The highest BCUT2D eigenvalue weighted by atomic mass is 32.1. The van der Waals surface area contributed by atoms with Crippen LogP contribution in [0.1, 0.15) is 35.9 Å². The quantitative estimate of drug-likeness (QED) is 0.546. The lowest BCUT2D eigenvalue weighted by molar-refractivity contribution is -0.116. The van der Waals surface area contributed by atoms with Crippen LogP contribution in [0.15, 0.2) is 35.8 Å². The number of nitrogens with one attached hydrogen (secondary N) is 2. The molecule has 1 aromatic carbocycles. The molecular formula is C21H25N5O2S2. The molecule has 0 saturated carbocycles. The number of benzene rings is 1. The maximum absolute atomic E-state index is 12.3. The summed E-state index contributed by atoms with van der Waals surface area (Å²) in [7, 11) is 3.95. The lowest BCUT2D eigenvalue weighted by Gasteiger charge is -2.12. The van der Waals surface area contributed by atoms with E-state index in [1.54, 1.807) is 11.6 Å². The second kappa shape index (κ2) is 9.82. The van der Waals surface area contributed by atoms with Crippen molar-refractivity contribution >= 4 is 50.4 Å². The fourth-order valence-corrected chi connectivity index (χ4v) is 4.21. The van der Waals surface area contributed by atoms with Gasteiger partial charge in [0.1, 0.15) is 0 Å². The van der Waals surface area contributed by atoms with Crippen molar-refractivity contribution in [2.24, 2.45) is 0 Å². The van der Waals surface area contributed by atoms with Gasteiger partial charge in [-0.15, -0.1) is 22.7 Å². The molecule has 0 aliphatic rings. The first-order valence-electron chi connectivity index (χ1n) is 9.56. The summed E-state index contributed by atoms with van der Waals surface area (Å²) in [5.41, 5.74) is 2.63. The second-order valence-corrected chi connectivity index (χ2v) is 9.30. The second-order valence-electron chi connectivity index (χ2n) is 7.38. The SMILES string of the molecule is CC(C)c1cnc(NC(=O)Cc2csc(NC(=O)Cc3ccc(N(C)C)cc3)n2)s1. The lowest BCUT2D eigenvalue weighted by atomic mass is 10.1. The molecule has 0 aliphatic heterocycles. The van der Waals surface area contributed by atoms with Gasteiger partial charge in [0.15, 0.2) is 10.3 Å². The molecule has 0 bridgehead atoms. The molecule has 2 amide bonds. The molecule has 2 heterocycles. The van der Waals surface area contributed by atoms with Crippen LogP contribution in [0.2, 0.25) is 0 Å². The number of aromatic nitrogens is 2. The molecule has 0 unspecified atom stereocenters. The summed E-state index contributed by atoms with van der Waals surface area (Å²) in [6.45, 7) is 4.17. The Morgan fingerprint density at radius 1 is 1.03 bits per heavy atom. The summed E-state index contributed by atoms with van der Waals surface area (Å²) in [6.07, 6.45) is 2.19. The van der Waals surface area contributed by atoms with Crippen LogP contribution >= 0.6 is 22.7 Å². The zero-order valence-corrected chi connectivity index (χ0v) is 19.1. The van der Waals surface area contributed by atoms with Crippen LogP contribution in [-0.2, 0) is 22.4 Å². The van der Waals surface area contributed by atoms with Crippen molar-refractivity contribution in [3.05, 3.63) is 52.0 Å². The molecular weight excluding hydrogens is 418 g/mol. The van der Waals surface area contributed by atoms with Crippen LogP contribution in [0.5, 0.6) is 0 Å². The fourth-order valence-electron chi connectivity index (χ4n) is 2.65. The Labute approximate surface area is 184 Å². The zero-order chi connectivity index (χ0) is 21.7. The molecule has 158 valence electrons. The minimum atomic E-state index is -0.177. The number of thiazole rings is 2. The van der Waals surface area contributed by atoms with Crippen molar-refractivity contribution in [2.45, 2.75) is 32.6 Å². The Bertz CT molecular complexity index is 1010. The highest BCUT2D eigenvalue weighted by molar-refractivity contribution is 7.15. The molecule has 9 heteroatoms. The van der Waals surface area contributed by atoms with Gasteiger partial charge < -0.3 is 15.5 Å². The van der Waals surface area contributed by atoms with E-state index in [-0.39, 0.29) is 24.7 Å². The number of hydrogen-bond donors (Lipinski definition) is 2. The summed E-state index contributed by atoms with van der Waals surface area (Å²) in [4.78, 5) is 36.2. The van der Waals surface area contributed by atoms with Gasteiger partial charge in [-0.2, -0.15) is 0 Å². The molecule has 2 N–H and O–H groups in total. The van der Waals surface area contributed by atoms with Crippen molar-refractivity contribution in [3.63, 3.8) is 0 Å². The molecule has 30 heavy (non-hydrogen) atoms. The maximum atomic E-state index is 12.3. The van der Waals surface area contributed by atoms with E-state index < -0.39 is 0 Å². The van der Waals surface area contributed by atoms with Crippen LogP contribution in [0.25, 0.3) is 0 Å². The number of carbonyl (C=O) groups excluding carboxylic acids is 2. The van der Waals surface area contributed by atoms with Crippen molar-refractivity contribution in [2.75, 3.05) is 29.6 Å². The van der Waals surface area contributed by atoms with Gasteiger partial charge in [0.05, 0.1) is 18.5 Å². The van der Waals surface area contributed by atoms with Crippen molar-refractivity contribution < 1.29 is 9.59 Å². The van der Waals surface area contributed by atoms with Crippen LogP contribution in [0.3, 0.4) is 0 Å². The number of amides is 2. The van der Waals surface area contributed by atoms with Crippen LogP contribution in [-0.4, -0.2) is 35.9 Å². The summed E-state index contributed by atoms with van der Waals surface area (Å²) in [5.74, 6) is 0.0644. The van der Waals surface area contributed by atoms with Crippen molar-refractivity contribution in [1.82, 2.24) is 9.97 Å². The van der Waals surface area contributed by atoms with Gasteiger partial charge in [0.2, 0.25) is 11.8 Å². The Morgan fingerprint density at radius 2 is 1.70 bits per heavy atom. The number of rotatable bonds is 8. The third-order valence-electron chi connectivity index (χ3n) is 4.30. The van der Waals surface area contributed by atoms with Crippen LogP contribution in [0.4, 0.5) is 16.0 Å². The number of anilines is 3. The maximum Gasteiger partial charge on any atom is 0.232 e. The van der Waals surface area contributed by atoms with E-state index in [2.05, 4.69) is 34.4 Å². The lowest BCUT2D eigenvalue weighted by Crippen LogP contribution is -2.16. The molecule has 0 spiro atoms. The van der Waals surface area contributed by atoms with Crippen LogP contribution < -0.4 is 15.5 Å². The molecule has 0 saturated heterocycles. The van der Waals surface area contributed by atoms with Gasteiger partial charge in [0, 0.05) is 36.2 Å². The minimum Gasteiger partial charge on any atom is -0.378 e. The monoisotopic (exact) mass is 443 g/mol. The average molecular weight is 444 g/mol. The minimum absolute atomic E-state index is 0.134. The van der Waals surface area contributed by atoms with E-state index in [9.17, 15) is 9.59 Å². The standard InChI is InChI=1S/C21H25N5O2S2/c1-13(2)17-11-22-20(30-17)24-19(28)10-15-12-29-21(23-15)25-18(27)9-14-5-7-16(8-6-14)26(3)4/h5-8,11-13H,9-10H2,1-4H3,(H,22,24,28)(H,23,25,27). The fraction of sp³-hybridized carbons (Fsp3) is 0.333. The Morgan fingerprint density at radius 3 is 2.33 bits per heavy atom. The summed E-state index contributed by atoms with van der Waals surface area (Å²) >= 11 is 2.78. The molecule has 0 atom stereocenters. The van der Waals surface area contributed by atoms with Crippen molar-refractivity contribution in [1.29, 1.82) is 0 Å². The molecule has 3 aromatic rings. The first-order chi connectivity index (χ1) is 14.3. The first kappa shape index (κ1) is 21.9. The summed E-state index contributed by atoms with van der Waals surface area (Å²) in [5, 5.41) is 8.47. The Balaban J connectivity index is 1.50. The number of carbonyl (C=O) groups is 2. The van der Waals surface area contributed by atoms with Gasteiger partial charge in [-0.05, 0) is 23.6 Å². The van der Waals surface area contributed by atoms with Gasteiger partial charge in [-0.1, -0.05) is 26.0 Å². The first-order valence-corrected chi connectivity index (χ1v) is 11.3. The predicted molar refractivity (Wildman–Crippen MR) is 124 cm³/mol. The molecule has 2 aromatic heterocycles. The normalized spacial score (nSPS) is 10.8.